The van der Waals surface area contributed by atoms with Crippen LogP contribution in [0.2, 0.25) is 19.6 Å². The van der Waals surface area contributed by atoms with Gasteiger partial charge in [0.1, 0.15) is 0 Å². The summed E-state index contributed by atoms with van der Waals surface area (Å²) in [5.74, 6) is 0.731. The number of Topliss-reactive ketones (excluding diaryl/α,β-unsaturated/α-hetero) is 1. The van der Waals surface area contributed by atoms with Crippen molar-refractivity contribution in [2.75, 3.05) is 0 Å². The van der Waals surface area contributed by atoms with E-state index in [1.807, 2.05) is 0 Å². The third-order valence-electron chi connectivity index (χ3n) is 5.95. The molecule has 0 bridgehead atoms. The third-order valence-corrected chi connectivity index (χ3v) is 8.00. The number of ketones is 1. The first-order valence-corrected chi connectivity index (χ1v) is 12.4. The van der Waals surface area contributed by atoms with Crippen molar-refractivity contribution in [3.8, 4) is 0 Å². The lowest BCUT2D eigenvalue weighted by Crippen LogP contribution is -2.42. The predicted molar refractivity (Wildman–Crippen MR) is 95.9 cm³/mol. The van der Waals surface area contributed by atoms with Crippen molar-refractivity contribution in [1.82, 2.24) is 0 Å². The van der Waals surface area contributed by atoms with Crippen LogP contribution in [0, 0.1) is 5.92 Å². The molecule has 23 heavy (non-hydrogen) atoms. The average Bonchev–Trinajstić information content (AvgIpc) is 2.47. The fourth-order valence-corrected chi connectivity index (χ4v) is 7.31. The van der Waals surface area contributed by atoms with E-state index < -0.39 is 13.7 Å². The number of carbonyl (C=O) groups excluding carboxylic acids is 1. The maximum Gasteiger partial charge on any atom is 0.155 e. The number of rotatable bonds is 1. The normalized spacial score (nSPS) is 30.1. The SMILES string of the molecule is C[Si](C)(C)C1=C2c3cccc4c3[C@@](O)(CCC4)C[C@@H]2CCC1=O. The summed E-state index contributed by atoms with van der Waals surface area (Å²) in [4.78, 5) is 12.7. The van der Waals surface area contributed by atoms with Crippen LogP contribution in [0.5, 0.6) is 0 Å². The Morgan fingerprint density at radius 1 is 1.22 bits per heavy atom. The van der Waals surface area contributed by atoms with Crippen molar-refractivity contribution in [1.29, 1.82) is 0 Å². The lowest BCUT2D eigenvalue weighted by Gasteiger charge is -2.47. The Morgan fingerprint density at radius 2 is 2.00 bits per heavy atom. The first-order chi connectivity index (χ1) is 10.8. The van der Waals surface area contributed by atoms with Gasteiger partial charge < -0.3 is 5.11 Å². The van der Waals surface area contributed by atoms with Crippen LogP contribution in [-0.4, -0.2) is 19.0 Å². The van der Waals surface area contributed by atoms with Gasteiger partial charge in [-0.05, 0) is 65.5 Å². The summed E-state index contributed by atoms with van der Waals surface area (Å²) in [6.45, 7) is 6.85. The van der Waals surface area contributed by atoms with E-state index in [1.165, 1.54) is 16.7 Å². The summed E-state index contributed by atoms with van der Waals surface area (Å²) in [7, 11) is -1.70. The summed E-state index contributed by atoms with van der Waals surface area (Å²) in [6, 6.07) is 6.45. The minimum atomic E-state index is -1.70. The lowest BCUT2D eigenvalue weighted by molar-refractivity contribution is -0.115. The molecule has 122 valence electrons. The first-order valence-electron chi connectivity index (χ1n) is 8.94. The van der Waals surface area contributed by atoms with Crippen LogP contribution in [-0.2, 0) is 16.8 Å². The van der Waals surface area contributed by atoms with E-state index in [1.54, 1.807) is 0 Å². The number of hydrogen-bond donors (Lipinski definition) is 1. The second kappa shape index (κ2) is 4.90. The minimum Gasteiger partial charge on any atom is -0.385 e. The average molecular weight is 327 g/mol. The zero-order valence-electron chi connectivity index (χ0n) is 14.4. The Bertz CT molecular complexity index is 726. The largest absolute Gasteiger partial charge is 0.385 e. The number of benzene rings is 1. The number of hydrogen-bond acceptors (Lipinski definition) is 2. The summed E-state index contributed by atoms with van der Waals surface area (Å²) in [5.41, 5.74) is 4.30. The van der Waals surface area contributed by atoms with Gasteiger partial charge in [-0.25, -0.2) is 0 Å². The van der Waals surface area contributed by atoms with Crippen molar-refractivity contribution in [3.05, 3.63) is 40.1 Å². The van der Waals surface area contributed by atoms with Gasteiger partial charge in [0.15, 0.2) is 5.78 Å². The maximum atomic E-state index is 12.7. The molecule has 3 aliphatic carbocycles. The van der Waals surface area contributed by atoms with E-state index >= 15 is 0 Å². The molecule has 0 aromatic heterocycles. The zero-order valence-corrected chi connectivity index (χ0v) is 15.4. The monoisotopic (exact) mass is 326 g/mol. The molecule has 2 atom stereocenters. The van der Waals surface area contributed by atoms with E-state index in [-0.39, 0.29) is 0 Å². The van der Waals surface area contributed by atoms with Gasteiger partial charge in [0.05, 0.1) is 13.7 Å². The zero-order chi connectivity index (χ0) is 16.4. The minimum absolute atomic E-state index is 0.361. The van der Waals surface area contributed by atoms with Gasteiger partial charge in [0.2, 0.25) is 0 Å². The molecule has 0 radical (unpaired) electrons. The van der Waals surface area contributed by atoms with E-state index in [2.05, 4.69) is 37.8 Å². The molecule has 4 rings (SSSR count). The quantitative estimate of drug-likeness (QED) is 0.784. The molecular weight excluding hydrogens is 300 g/mol. The topological polar surface area (TPSA) is 37.3 Å². The van der Waals surface area contributed by atoms with Crippen molar-refractivity contribution in [3.63, 3.8) is 0 Å². The number of carbonyl (C=O) groups is 1. The van der Waals surface area contributed by atoms with E-state index in [4.69, 9.17) is 0 Å². The smallest absolute Gasteiger partial charge is 0.155 e. The predicted octanol–water partition coefficient (Wildman–Crippen LogP) is 4.22. The fourth-order valence-electron chi connectivity index (χ4n) is 5.20. The van der Waals surface area contributed by atoms with Crippen molar-refractivity contribution in [2.24, 2.45) is 5.92 Å². The second-order valence-electron chi connectivity index (χ2n) is 8.63. The Balaban J connectivity index is 2.05. The third kappa shape index (κ3) is 2.20. The second-order valence-corrected chi connectivity index (χ2v) is 13.6. The van der Waals surface area contributed by atoms with Gasteiger partial charge in [-0.15, -0.1) is 0 Å². The Labute approximate surface area is 139 Å². The molecule has 0 aliphatic heterocycles. The van der Waals surface area contributed by atoms with E-state index in [0.717, 1.165) is 42.9 Å². The molecule has 0 amide bonds. The molecule has 0 spiro atoms. The highest BCUT2D eigenvalue weighted by Gasteiger charge is 2.47. The van der Waals surface area contributed by atoms with Gasteiger partial charge in [-0.2, -0.15) is 0 Å². The molecule has 3 aliphatic rings. The van der Waals surface area contributed by atoms with Crippen LogP contribution >= 0.6 is 0 Å². The molecule has 0 heterocycles. The van der Waals surface area contributed by atoms with E-state index in [9.17, 15) is 9.90 Å². The summed E-state index contributed by atoms with van der Waals surface area (Å²) >= 11 is 0. The summed E-state index contributed by atoms with van der Waals surface area (Å²) < 4.78 is 0. The molecule has 0 unspecified atom stereocenters. The summed E-state index contributed by atoms with van der Waals surface area (Å²) in [5, 5.41) is 12.5. The Morgan fingerprint density at radius 3 is 2.74 bits per heavy atom. The Kier molecular flexibility index (Phi) is 3.27. The van der Waals surface area contributed by atoms with Gasteiger partial charge in [0.25, 0.3) is 0 Å². The van der Waals surface area contributed by atoms with Crippen LogP contribution in [0.15, 0.2) is 23.4 Å². The highest BCUT2D eigenvalue weighted by Crippen LogP contribution is 2.54. The fraction of sp³-hybridized carbons (Fsp3) is 0.550. The number of aliphatic hydroxyl groups is 1. The molecule has 1 aromatic carbocycles. The van der Waals surface area contributed by atoms with Gasteiger partial charge in [0, 0.05) is 6.42 Å². The Hall–Kier alpha value is -1.19. The number of fused-ring (bicyclic) bond motifs is 2. The van der Waals surface area contributed by atoms with Gasteiger partial charge in [-0.1, -0.05) is 37.8 Å². The van der Waals surface area contributed by atoms with Crippen LogP contribution in [0.25, 0.3) is 5.57 Å². The van der Waals surface area contributed by atoms with Crippen LogP contribution in [0.1, 0.15) is 48.8 Å². The highest BCUT2D eigenvalue weighted by molar-refractivity contribution is 6.88. The number of allylic oxidation sites excluding steroid dienone is 2. The van der Waals surface area contributed by atoms with Crippen molar-refractivity contribution >= 4 is 19.4 Å². The molecule has 0 fully saturated rings. The molecule has 1 N–H and O–H groups in total. The molecule has 2 nitrogen and oxygen atoms in total. The van der Waals surface area contributed by atoms with Gasteiger partial charge in [-0.3, -0.25) is 4.79 Å². The van der Waals surface area contributed by atoms with Crippen LogP contribution < -0.4 is 0 Å². The first kappa shape index (κ1) is 15.3. The number of aryl methyl sites for hydroxylation is 1. The van der Waals surface area contributed by atoms with Crippen molar-refractivity contribution < 1.29 is 9.90 Å². The lowest BCUT2D eigenvalue weighted by atomic mass is 9.63. The standard InChI is InChI=1S/C20H26O2Si/c1-23(2,3)19-16(21)10-9-14-12-20(22)11-5-7-13-6-4-8-15(17(14)19)18(13)20/h4,6,8,14,22H,5,7,9-12H2,1-3H3/t14-,20+/m0/s1. The van der Waals surface area contributed by atoms with Gasteiger partial charge >= 0.3 is 0 Å². The maximum absolute atomic E-state index is 12.7. The molecule has 0 saturated heterocycles. The molecule has 3 heteroatoms. The molecule has 1 aromatic rings. The van der Waals surface area contributed by atoms with E-state index in [0.29, 0.717) is 18.1 Å². The molecular formula is C20H26O2Si. The highest BCUT2D eigenvalue weighted by atomic mass is 28.3. The van der Waals surface area contributed by atoms with Crippen LogP contribution in [0.4, 0.5) is 0 Å². The van der Waals surface area contributed by atoms with Crippen LogP contribution in [0.3, 0.4) is 0 Å². The molecule has 0 saturated carbocycles. The summed E-state index contributed by atoms with van der Waals surface area (Å²) in [6.07, 6.45) is 5.38. The van der Waals surface area contributed by atoms with Crippen molar-refractivity contribution in [2.45, 2.75) is 63.8 Å².